The lowest BCUT2D eigenvalue weighted by Crippen LogP contribution is -2.32. The van der Waals surface area contributed by atoms with Crippen LogP contribution in [0.4, 0.5) is 0 Å². The molecule has 0 radical (unpaired) electrons. The first kappa shape index (κ1) is 15.6. The zero-order chi connectivity index (χ0) is 15.2. The summed E-state index contributed by atoms with van der Waals surface area (Å²) in [6.07, 6.45) is 5.28. The van der Waals surface area contributed by atoms with Gasteiger partial charge in [-0.1, -0.05) is 31.0 Å². The molecule has 1 fully saturated rings. The quantitative estimate of drug-likeness (QED) is 0.366. The molecule has 1 aliphatic carbocycles. The van der Waals surface area contributed by atoms with E-state index in [1.54, 1.807) is 7.11 Å². The Labute approximate surface area is 126 Å². The molecule has 21 heavy (non-hydrogen) atoms. The zero-order valence-electron chi connectivity index (χ0n) is 12.9. The number of nitrogens with two attached hydrogens (primary N) is 1. The van der Waals surface area contributed by atoms with Crippen LogP contribution in [0.3, 0.4) is 0 Å². The minimum absolute atomic E-state index is 0.0709. The first-order valence-corrected chi connectivity index (χ1v) is 7.58. The summed E-state index contributed by atoms with van der Waals surface area (Å²) < 4.78 is 5.36. The fraction of sp³-hybridized carbons (Fsp3) is 0.562. The summed E-state index contributed by atoms with van der Waals surface area (Å²) in [6.45, 7) is 4.17. The number of rotatable bonds is 6. The molecule has 0 atom stereocenters. The second kappa shape index (κ2) is 7.31. The lowest BCUT2D eigenvalue weighted by Gasteiger charge is -2.27. The molecular formula is C16H25N3O2. The van der Waals surface area contributed by atoms with E-state index in [2.05, 4.69) is 17.0 Å². The van der Waals surface area contributed by atoms with E-state index in [1.165, 1.54) is 31.2 Å². The van der Waals surface area contributed by atoms with Gasteiger partial charge in [0.1, 0.15) is 5.75 Å². The third-order valence-electron chi connectivity index (χ3n) is 4.28. The molecule has 0 spiro atoms. The molecule has 3 N–H and O–H groups in total. The van der Waals surface area contributed by atoms with Gasteiger partial charge in [0.2, 0.25) is 0 Å². The smallest absolute Gasteiger partial charge is 0.173 e. The van der Waals surface area contributed by atoms with Gasteiger partial charge in [0.15, 0.2) is 5.84 Å². The summed E-state index contributed by atoms with van der Waals surface area (Å²) in [5.74, 6) is 0.715. The fourth-order valence-electron chi connectivity index (χ4n) is 3.10. The van der Waals surface area contributed by atoms with Crippen molar-refractivity contribution in [2.75, 3.05) is 13.7 Å². The average Bonchev–Trinajstić information content (AvgIpc) is 3.05. The van der Waals surface area contributed by atoms with Crippen LogP contribution in [0.2, 0.25) is 0 Å². The van der Waals surface area contributed by atoms with Gasteiger partial charge in [0, 0.05) is 12.6 Å². The van der Waals surface area contributed by atoms with Crippen LogP contribution in [-0.2, 0) is 6.54 Å². The van der Waals surface area contributed by atoms with E-state index in [9.17, 15) is 0 Å². The highest BCUT2D eigenvalue weighted by molar-refractivity contribution is 5.99. The number of hydrogen-bond acceptors (Lipinski definition) is 4. The van der Waals surface area contributed by atoms with Crippen LogP contribution in [0.15, 0.2) is 23.4 Å². The van der Waals surface area contributed by atoms with Crippen molar-refractivity contribution in [1.82, 2.24) is 4.90 Å². The highest BCUT2D eigenvalue weighted by Gasteiger charge is 2.21. The minimum Gasteiger partial charge on any atom is -0.496 e. The molecule has 5 heteroatoms. The first-order valence-electron chi connectivity index (χ1n) is 7.58. The van der Waals surface area contributed by atoms with E-state index in [1.807, 2.05) is 18.2 Å². The highest BCUT2D eigenvalue weighted by Crippen LogP contribution is 2.26. The van der Waals surface area contributed by atoms with Gasteiger partial charge in [0.25, 0.3) is 0 Å². The molecule has 0 unspecified atom stereocenters. The minimum atomic E-state index is 0.0709. The van der Waals surface area contributed by atoms with Crippen LogP contribution in [0, 0.1) is 0 Å². The van der Waals surface area contributed by atoms with Crippen molar-refractivity contribution in [2.45, 2.75) is 45.2 Å². The SMILES string of the molecule is CCN(Cc1ccc(/C(N)=N/O)c(OC)c1)C1CCCC1. The molecule has 0 amide bonds. The van der Waals surface area contributed by atoms with Crippen LogP contribution >= 0.6 is 0 Å². The Morgan fingerprint density at radius 1 is 1.43 bits per heavy atom. The van der Waals surface area contributed by atoms with Gasteiger partial charge in [-0.15, -0.1) is 0 Å². The summed E-state index contributed by atoms with van der Waals surface area (Å²) in [6, 6.07) is 6.55. The van der Waals surface area contributed by atoms with Crippen LogP contribution in [0.25, 0.3) is 0 Å². The molecule has 0 heterocycles. The van der Waals surface area contributed by atoms with E-state index in [0.29, 0.717) is 17.4 Å². The molecule has 1 saturated carbocycles. The second-order valence-corrected chi connectivity index (χ2v) is 5.52. The molecule has 116 valence electrons. The molecule has 0 bridgehead atoms. The lowest BCUT2D eigenvalue weighted by molar-refractivity contribution is 0.200. The van der Waals surface area contributed by atoms with E-state index >= 15 is 0 Å². The molecule has 2 rings (SSSR count). The van der Waals surface area contributed by atoms with Crippen molar-refractivity contribution in [3.05, 3.63) is 29.3 Å². The van der Waals surface area contributed by atoms with Crippen molar-refractivity contribution >= 4 is 5.84 Å². The molecule has 5 nitrogen and oxygen atoms in total. The molecule has 0 aromatic heterocycles. The number of ether oxygens (including phenoxy) is 1. The Hall–Kier alpha value is -1.75. The summed E-state index contributed by atoms with van der Waals surface area (Å²) in [5.41, 5.74) is 7.47. The predicted octanol–water partition coefficient (Wildman–Crippen LogP) is 2.55. The van der Waals surface area contributed by atoms with Crippen LogP contribution < -0.4 is 10.5 Å². The van der Waals surface area contributed by atoms with Gasteiger partial charge in [-0.2, -0.15) is 0 Å². The number of hydrogen-bond donors (Lipinski definition) is 2. The Bertz CT molecular complexity index is 496. The Kier molecular flexibility index (Phi) is 5.44. The van der Waals surface area contributed by atoms with Crippen molar-refractivity contribution < 1.29 is 9.94 Å². The molecular weight excluding hydrogens is 266 g/mol. The molecule has 1 aliphatic rings. The lowest BCUT2D eigenvalue weighted by atomic mass is 10.1. The van der Waals surface area contributed by atoms with Gasteiger partial charge < -0.3 is 15.7 Å². The number of amidine groups is 1. The van der Waals surface area contributed by atoms with Crippen LogP contribution in [-0.4, -0.2) is 35.6 Å². The van der Waals surface area contributed by atoms with Gasteiger partial charge in [-0.3, -0.25) is 4.90 Å². The van der Waals surface area contributed by atoms with Gasteiger partial charge >= 0.3 is 0 Å². The summed E-state index contributed by atoms with van der Waals surface area (Å²) in [7, 11) is 1.60. The van der Waals surface area contributed by atoms with E-state index < -0.39 is 0 Å². The first-order chi connectivity index (χ1) is 10.2. The van der Waals surface area contributed by atoms with Gasteiger partial charge in [0.05, 0.1) is 12.7 Å². The fourth-order valence-corrected chi connectivity index (χ4v) is 3.10. The Morgan fingerprint density at radius 3 is 2.71 bits per heavy atom. The number of oxime groups is 1. The highest BCUT2D eigenvalue weighted by atomic mass is 16.5. The van der Waals surface area contributed by atoms with E-state index in [0.717, 1.165) is 13.1 Å². The van der Waals surface area contributed by atoms with Crippen molar-refractivity contribution in [3.63, 3.8) is 0 Å². The van der Waals surface area contributed by atoms with Gasteiger partial charge in [-0.05, 0) is 37.1 Å². The normalized spacial score (nSPS) is 16.6. The monoisotopic (exact) mass is 291 g/mol. The van der Waals surface area contributed by atoms with Gasteiger partial charge in [-0.25, -0.2) is 0 Å². The van der Waals surface area contributed by atoms with Crippen molar-refractivity contribution in [3.8, 4) is 5.75 Å². The molecule has 1 aromatic rings. The topological polar surface area (TPSA) is 71.1 Å². The maximum absolute atomic E-state index is 8.80. The summed E-state index contributed by atoms with van der Waals surface area (Å²) >= 11 is 0. The molecule has 0 saturated heterocycles. The maximum atomic E-state index is 8.80. The van der Waals surface area contributed by atoms with E-state index in [4.69, 9.17) is 15.7 Å². The van der Waals surface area contributed by atoms with Crippen molar-refractivity contribution in [2.24, 2.45) is 10.9 Å². The predicted molar refractivity (Wildman–Crippen MR) is 83.8 cm³/mol. The van der Waals surface area contributed by atoms with Crippen LogP contribution in [0.5, 0.6) is 5.75 Å². The standard InChI is InChI=1S/C16H25N3O2/c1-3-19(13-6-4-5-7-13)11-12-8-9-14(16(17)18-20)15(10-12)21-2/h8-10,13,20H,3-7,11H2,1-2H3,(H2,17,18). The third-order valence-corrected chi connectivity index (χ3v) is 4.28. The number of nitrogens with zero attached hydrogens (tertiary/aromatic N) is 2. The second-order valence-electron chi connectivity index (χ2n) is 5.52. The number of methoxy groups -OCH3 is 1. The molecule has 0 aliphatic heterocycles. The average molecular weight is 291 g/mol. The summed E-state index contributed by atoms with van der Waals surface area (Å²) in [5, 5.41) is 11.8. The molecule has 1 aromatic carbocycles. The summed E-state index contributed by atoms with van der Waals surface area (Å²) in [4.78, 5) is 2.52. The van der Waals surface area contributed by atoms with Crippen LogP contribution in [0.1, 0.15) is 43.7 Å². The number of benzene rings is 1. The Balaban J connectivity index is 2.16. The Morgan fingerprint density at radius 2 is 2.14 bits per heavy atom. The van der Waals surface area contributed by atoms with Crippen molar-refractivity contribution in [1.29, 1.82) is 0 Å². The van der Waals surface area contributed by atoms with E-state index in [-0.39, 0.29) is 5.84 Å². The maximum Gasteiger partial charge on any atom is 0.173 e. The third kappa shape index (κ3) is 3.67. The largest absolute Gasteiger partial charge is 0.496 e. The zero-order valence-corrected chi connectivity index (χ0v) is 12.9.